The number of piperidine rings is 1. The van der Waals surface area contributed by atoms with Crippen LogP contribution in [0.2, 0.25) is 0 Å². The molecule has 132 valence electrons. The highest BCUT2D eigenvalue weighted by atomic mass is 32.2. The van der Waals surface area contributed by atoms with E-state index < -0.39 is 9.84 Å². The third kappa shape index (κ3) is 6.07. The molecule has 1 heterocycles. The predicted molar refractivity (Wildman–Crippen MR) is 93.4 cm³/mol. The van der Waals surface area contributed by atoms with Crippen LogP contribution < -0.4 is 0 Å². The van der Waals surface area contributed by atoms with Crippen molar-refractivity contribution in [3.05, 3.63) is 35.9 Å². The molecule has 0 N–H and O–H groups in total. The molecule has 1 aliphatic heterocycles. The summed E-state index contributed by atoms with van der Waals surface area (Å²) in [4.78, 5) is 26.2. The van der Waals surface area contributed by atoms with Gasteiger partial charge in [-0.2, -0.15) is 0 Å². The van der Waals surface area contributed by atoms with Crippen molar-refractivity contribution in [3.8, 4) is 0 Å². The highest BCUT2D eigenvalue weighted by Crippen LogP contribution is 2.20. The second-order valence-corrected chi connectivity index (χ2v) is 8.77. The summed E-state index contributed by atoms with van der Waals surface area (Å²) in [7, 11) is -3.14. The Morgan fingerprint density at radius 2 is 1.88 bits per heavy atom. The average molecular weight is 351 g/mol. The molecule has 0 saturated carbocycles. The summed E-state index contributed by atoms with van der Waals surface area (Å²) >= 11 is 0. The second-order valence-electron chi connectivity index (χ2n) is 6.51. The van der Waals surface area contributed by atoms with Crippen molar-refractivity contribution in [3.63, 3.8) is 0 Å². The first-order chi connectivity index (χ1) is 11.3. The molecule has 24 heavy (non-hydrogen) atoms. The number of hydrogen-bond acceptors (Lipinski definition) is 4. The van der Waals surface area contributed by atoms with Crippen LogP contribution in [0.4, 0.5) is 0 Å². The summed E-state index contributed by atoms with van der Waals surface area (Å²) in [5.74, 6) is -0.223. The minimum absolute atomic E-state index is 0.00373. The van der Waals surface area contributed by atoms with Gasteiger partial charge in [0.1, 0.15) is 15.6 Å². The van der Waals surface area contributed by atoms with Gasteiger partial charge in [0.2, 0.25) is 5.91 Å². The fourth-order valence-electron chi connectivity index (χ4n) is 3.01. The maximum atomic E-state index is 12.4. The van der Waals surface area contributed by atoms with Gasteiger partial charge in [-0.05, 0) is 24.8 Å². The molecule has 0 aliphatic carbocycles. The molecule has 1 aromatic carbocycles. The normalized spacial score (nSPS) is 18.4. The molecule has 0 bridgehead atoms. The number of rotatable bonds is 7. The van der Waals surface area contributed by atoms with Gasteiger partial charge in [-0.15, -0.1) is 0 Å². The van der Waals surface area contributed by atoms with Crippen LogP contribution in [0.3, 0.4) is 0 Å². The highest BCUT2D eigenvalue weighted by Gasteiger charge is 2.28. The van der Waals surface area contributed by atoms with Crippen molar-refractivity contribution >= 4 is 21.5 Å². The summed E-state index contributed by atoms with van der Waals surface area (Å²) in [6, 6.07) is 9.89. The third-order valence-corrected chi connectivity index (χ3v) is 5.36. The van der Waals surface area contributed by atoms with Gasteiger partial charge in [0.15, 0.2) is 0 Å². The molecule has 1 fully saturated rings. The van der Waals surface area contributed by atoms with Crippen LogP contribution in [0.5, 0.6) is 0 Å². The Hall–Kier alpha value is -1.69. The minimum atomic E-state index is -3.14. The monoisotopic (exact) mass is 351 g/mol. The number of carbonyl (C=O) groups is 2. The number of nitrogens with zero attached hydrogens (tertiary/aromatic N) is 1. The van der Waals surface area contributed by atoms with Gasteiger partial charge in [-0.25, -0.2) is 8.42 Å². The number of likely N-dealkylation sites (tertiary alicyclic amines) is 1. The maximum absolute atomic E-state index is 12.4. The number of benzene rings is 1. The lowest BCUT2D eigenvalue weighted by Crippen LogP contribution is -2.42. The van der Waals surface area contributed by atoms with Gasteiger partial charge >= 0.3 is 0 Å². The Morgan fingerprint density at radius 3 is 2.54 bits per heavy atom. The topological polar surface area (TPSA) is 71.5 Å². The first-order valence-electron chi connectivity index (χ1n) is 8.37. The highest BCUT2D eigenvalue weighted by molar-refractivity contribution is 7.90. The zero-order chi connectivity index (χ0) is 17.6. The quantitative estimate of drug-likeness (QED) is 0.752. The van der Waals surface area contributed by atoms with Gasteiger partial charge in [0.05, 0.1) is 5.75 Å². The largest absolute Gasteiger partial charge is 0.342 e. The van der Waals surface area contributed by atoms with Crippen LogP contribution >= 0.6 is 0 Å². The fraction of sp³-hybridized carbons (Fsp3) is 0.556. The minimum Gasteiger partial charge on any atom is -0.342 e. The number of amides is 1. The SMILES string of the molecule is CS(=O)(=O)CCC(=O)N1CCCC(C(=O)CCc2ccccc2)C1. The lowest BCUT2D eigenvalue weighted by Gasteiger charge is -2.32. The molecular weight excluding hydrogens is 326 g/mol. The number of carbonyl (C=O) groups excluding carboxylic acids is 2. The molecule has 1 saturated heterocycles. The lowest BCUT2D eigenvalue weighted by molar-refractivity contribution is -0.134. The van der Waals surface area contributed by atoms with E-state index in [0.29, 0.717) is 19.5 Å². The molecule has 1 aromatic rings. The molecule has 1 atom stereocenters. The first-order valence-corrected chi connectivity index (χ1v) is 10.4. The molecule has 1 amide bonds. The third-order valence-electron chi connectivity index (χ3n) is 4.42. The molecule has 1 unspecified atom stereocenters. The predicted octanol–water partition coefficient (Wildman–Crippen LogP) is 1.86. The van der Waals surface area contributed by atoms with Crippen LogP contribution in [0, 0.1) is 5.92 Å². The summed E-state index contributed by atoms with van der Waals surface area (Å²) in [5, 5.41) is 0. The summed E-state index contributed by atoms with van der Waals surface area (Å²) in [6.45, 7) is 1.04. The number of ketones is 1. The average Bonchev–Trinajstić information content (AvgIpc) is 2.58. The first kappa shape index (κ1) is 18.6. The van der Waals surface area contributed by atoms with Crippen LogP contribution in [0.25, 0.3) is 0 Å². The Morgan fingerprint density at radius 1 is 1.17 bits per heavy atom. The van der Waals surface area contributed by atoms with E-state index in [1.54, 1.807) is 4.90 Å². The molecule has 0 radical (unpaired) electrons. The number of hydrogen-bond donors (Lipinski definition) is 0. The molecule has 5 nitrogen and oxygen atoms in total. The standard InChI is InChI=1S/C18H25NO4S/c1-24(22,23)13-11-18(21)19-12-5-8-16(14-19)17(20)10-9-15-6-3-2-4-7-15/h2-4,6-7,16H,5,8-14H2,1H3. The molecule has 0 aromatic heterocycles. The van der Waals surface area contributed by atoms with E-state index in [0.717, 1.165) is 31.1 Å². The van der Waals surface area contributed by atoms with Crippen molar-refractivity contribution in [2.75, 3.05) is 25.1 Å². The van der Waals surface area contributed by atoms with Gasteiger partial charge in [-0.3, -0.25) is 9.59 Å². The molecular formula is C18H25NO4S. The number of aryl methyl sites for hydroxylation is 1. The Labute approximate surface area is 144 Å². The van der Waals surface area contributed by atoms with E-state index in [9.17, 15) is 18.0 Å². The fourth-order valence-corrected chi connectivity index (χ4v) is 3.56. The van der Waals surface area contributed by atoms with E-state index in [1.165, 1.54) is 0 Å². The number of Topliss-reactive ketones (excluding diaryl/α,β-unsaturated/α-hetero) is 1. The van der Waals surface area contributed by atoms with Gasteiger partial charge in [-0.1, -0.05) is 30.3 Å². The molecule has 0 spiro atoms. The summed E-state index contributed by atoms with van der Waals surface area (Å²) in [6.07, 6.45) is 3.95. The summed E-state index contributed by atoms with van der Waals surface area (Å²) < 4.78 is 22.4. The van der Waals surface area contributed by atoms with Crippen LogP contribution in [0.15, 0.2) is 30.3 Å². The second kappa shape index (κ2) is 8.42. The van der Waals surface area contributed by atoms with E-state index >= 15 is 0 Å². The van der Waals surface area contributed by atoms with E-state index in [4.69, 9.17) is 0 Å². The molecule has 6 heteroatoms. The maximum Gasteiger partial charge on any atom is 0.223 e. The van der Waals surface area contributed by atoms with Crippen molar-refractivity contribution < 1.29 is 18.0 Å². The smallest absolute Gasteiger partial charge is 0.223 e. The van der Waals surface area contributed by atoms with Crippen LogP contribution in [-0.4, -0.2) is 50.1 Å². The van der Waals surface area contributed by atoms with Crippen molar-refractivity contribution in [2.45, 2.75) is 32.1 Å². The Kier molecular flexibility index (Phi) is 6.54. The zero-order valence-electron chi connectivity index (χ0n) is 14.1. The molecule has 1 aliphatic rings. The van der Waals surface area contributed by atoms with Gasteiger partial charge in [0, 0.05) is 38.1 Å². The van der Waals surface area contributed by atoms with E-state index in [2.05, 4.69) is 0 Å². The van der Waals surface area contributed by atoms with Crippen molar-refractivity contribution in [2.24, 2.45) is 5.92 Å². The van der Waals surface area contributed by atoms with E-state index in [-0.39, 0.29) is 29.8 Å². The summed E-state index contributed by atoms with van der Waals surface area (Å²) in [5.41, 5.74) is 1.14. The van der Waals surface area contributed by atoms with Crippen LogP contribution in [0.1, 0.15) is 31.2 Å². The van der Waals surface area contributed by atoms with E-state index in [1.807, 2.05) is 30.3 Å². The van der Waals surface area contributed by atoms with Gasteiger partial charge in [0.25, 0.3) is 0 Å². The Bertz CT molecular complexity index is 670. The van der Waals surface area contributed by atoms with Crippen molar-refractivity contribution in [1.82, 2.24) is 4.90 Å². The molecule has 2 rings (SSSR count). The zero-order valence-corrected chi connectivity index (χ0v) is 14.9. The van der Waals surface area contributed by atoms with Crippen LogP contribution in [-0.2, 0) is 25.8 Å². The Balaban J connectivity index is 1.83. The number of sulfone groups is 1. The van der Waals surface area contributed by atoms with Crippen molar-refractivity contribution in [1.29, 1.82) is 0 Å². The van der Waals surface area contributed by atoms with Gasteiger partial charge < -0.3 is 4.90 Å². The lowest BCUT2D eigenvalue weighted by atomic mass is 9.90.